The first-order valence-corrected chi connectivity index (χ1v) is 5.63. The molecule has 0 atom stereocenters. The van der Waals surface area contributed by atoms with Gasteiger partial charge in [0.2, 0.25) is 5.82 Å². The fourth-order valence-electron chi connectivity index (χ4n) is 1.58. The number of hydrogen-bond donors (Lipinski definition) is 2. The Balaban J connectivity index is 1.97. The van der Waals surface area contributed by atoms with Gasteiger partial charge in [0.05, 0.1) is 4.92 Å². The molecule has 0 spiro atoms. The molecule has 0 aliphatic rings. The zero-order valence-corrected chi connectivity index (χ0v) is 9.97. The topological polar surface area (TPSA) is 67.2 Å². The van der Waals surface area contributed by atoms with E-state index in [2.05, 4.69) is 10.9 Å². The van der Waals surface area contributed by atoms with E-state index >= 15 is 0 Å². The first-order valence-electron chi connectivity index (χ1n) is 5.63. The molecule has 2 aromatic carbocycles. The van der Waals surface area contributed by atoms with Crippen LogP contribution >= 0.6 is 0 Å². The van der Waals surface area contributed by atoms with Crippen LogP contribution in [-0.4, -0.2) is 4.92 Å². The lowest BCUT2D eigenvalue weighted by molar-refractivity contribution is -0.387. The van der Waals surface area contributed by atoms with Crippen molar-refractivity contribution >= 4 is 11.4 Å². The molecule has 5 nitrogen and oxygen atoms in total. The third-order valence-electron chi connectivity index (χ3n) is 2.51. The molecule has 0 radical (unpaired) electrons. The quantitative estimate of drug-likeness (QED) is 0.641. The molecule has 0 bridgehead atoms. The summed E-state index contributed by atoms with van der Waals surface area (Å²) in [5.74, 6) is -0.829. The standard InChI is InChI=1S/C13H12FN3O2/c14-12-7-6-10(8-13(12)17(18)19)9-15-16-11-4-2-1-3-5-11/h1-8,15-16H,9H2. The highest BCUT2D eigenvalue weighted by Gasteiger charge is 2.13. The van der Waals surface area contributed by atoms with Gasteiger partial charge in [-0.2, -0.15) is 4.39 Å². The molecule has 0 aliphatic heterocycles. The molecule has 0 aliphatic carbocycles. The number of benzene rings is 2. The monoisotopic (exact) mass is 261 g/mol. The Morgan fingerprint density at radius 3 is 2.58 bits per heavy atom. The predicted octanol–water partition coefficient (Wildman–Crippen LogP) is 2.85. The molecule has 2 N–H and O–H groups in total. The highest BCUT2D eigenvalue weighted by atomic mass is 19.1. The fraction of sp³-hybridized carbons (Fsp3) is 0.0769. The van der Waals surface area contributed by atoms with E-state index in [1.165, 1.54) is 12.1 Å². The van der Waals surface area contributed by atoms with Crippen molar-refractivity contribution in [2.24, 2.45) is 0 Å². The SMILES string of the molecule is O=[N+]([O-])c1cc(CNNc2ccccc2)ccc1F. The molecule has 6 heteroatoms. The van der Waals surface area contributed by atoms with Gasteiger partial charge in [-0.1, -0.05) is 24.3 Å². The molecule has 2 aromatic rings. The molecule has 0 amide bonds. The van der Waals surface area contributed by atoms with Gasteiger partial charge in [-0.05, 0) is 23.8 Å². The Morgan fingerprint density at radius 2 is 1.89 bits per heavy atom. The van der Waals surface area contributed by atoms with Gasteiger partial charge in [0, 0.05) is 18.3 Å². The molecule has 0 saturated heterocycles. The number of halogens is 1. The Bertz CT molecular complexity index is 575. The van der Waals surface area contributed by atoms with Gasteiger partial charge in [0.1, 0.15) is 0 Å². The van der Waals surface area contributed by atoms with Gasteiger partial charge >= 0.3 is 5.69 Å². The summed E-state index contributed by atoms with van der Waals surface area (Å²) >= 11 is 0. The summed E-state index contributed by atoms with van der Waals surface area (Å²) in [6.45, 7) is 0.343. The van der Waals surface area contributed by atoms with Gasteiger partial charge < -0.3 is 5.43 Å². The molecule has 2 rings (SSSR count). The number of nitrogens with one attached hydrogen (secondary N) is 2. The van der Waals surface area contributed by atoms with Crippen molar-refractivity contribution in [2.75, 3.05) is 5.43 Å². The van der Waals surface area contributed by atoms with Gasteiger partial charge in [0.15, 0.2) is 0 Å². The summed E-state index contributed by atoms with van der Waals surface area (Å²) in [5.41, 5.74) is 6.83. The first-order chi connectivity index (χ1) is 9.16. The Morgan fingerprint density at radius 1 is 1.16 bits per heavy atom. The van der Waals surface area contributed by atoms with Crippen molar-refractivity contribution in [1.82, 2.24) is 5.43 Å². The zero-order valence-electron chi connectivity index (χ0n) is 9.97. The molecule has 0 saturated carbocycles. The van der Waals surface area contributed by atoms with Crippen molar-refractivity contribution in [3.63, 3.8) is 0 Å². The van der Waals surface area contributed by atoms with Gasteiger partial charge in [0.25, 0.3) is 0 Å². The number of hydrogen-bond acceptors (Lipinski definition) is 4. The second kappa shape index (κ2) is 5.92. The zero-order chi connectivity index (χ0) is 13.7. The van der Waals surface area contributed by atoms with E-state index in [0.717, 1.165) is 11.8 Å². The van der Waals surface area contributed by atoms with Crippen LogP contribution in [0.5, 0.6) is 0 Å². The van der Waals surface area contributed by atoms with E-state index < -0.39 is 16.4 Å². The lowest BCUT2D eigenvalue weighted by atomic mass is 10.2. The summed E-state index contributed by atoms with van der Waals surface area (Å²) in [7, 11) is 0. The number of anilines is 1. The number of nitrogens with zero attached hydrogens (tertiary/aromatic N) is 1. The summed E-state index contributed by atoms with van der Waals surface area (Å²) in [5, 5.41) is 10.6. The molecule has 98 valence electrons. The number of nitro benzene ring substituents is 1. The average Bonchev–Trinajstić information content (AvgIpc) is 2.41. The second-order valence-corrected chi connectivity index (χ2v) is 3.89. The Hall–Kier alpha value is -2.47. The number of rotatable bonds is 5. The van der Waals surface area contributed by atoms with Crippen molar-refractivity contribution < 1.29 is 9.31 Å². The Labute approximate surface area is 109 Å². The molecule has 0 heterocycles. The summed E-state index contributed by atoms with van der Waals surface area (Å²) in [6.07, 6.45) is 0. The number of para-hydroxylation sites is 1. The van der Waals surface area contributed by atoms with E-state index in [1.807, 2.05) is 30.3 Å². The fourth-order valence-corrected chi connectivity index (χ4v) is 1.58. The van der Waals surface area contributed by atoms with Crippen molar-refractivity contribution in [3.8, 4) is 0 Å². The van der Waals surface area contributed by atoms with Gasteiger partial charge in [-0.25, -0.2) is 5.43 Å². The number of nitro groups is 1. The number of hydrazine groups is 1. The molecular weight excluding hydrogens is 249 g/mol. The lowest BCUT2D eigenvalue weighted by Crippen LogP contribution is -2.20. The summed E-state index contributed by atoms with van der Waals surface area (Å²) in [6, 6.07) is 13.2. The van der Waals surface area contributed by atoms with E-state index in [-0.39, 0.29) is 0 Å². The maximum absolute atomic E-state index is 13.1. The van der Waals surface area contributed by atoms with Crippen LogP contribution in [0, 0.1) is 15.9 Å². The van der Waals surface area contributed by atoms with Crippen LogP contribution < -0.4 is 10.9 Å². The third-order valence-corrected chi connectivity index (χ3v) is 2.51. The third kappa shape index (κ3) is 3.49. The van der Waals surface area contributed by atoms with Crippen LogP contribution in [-0.2, 0) is 6.54 Å². The maximum Gasteiger partial charge on any atom is 0.305 e. The van der Waals surface area contributed by atoms with Gasteiger partial charge in [-0.15, -0.1) is 0 Å². The van der Waals surface area contributed by atoms with Gasteiger partial charge in [-0.3, -0.25) is 10.1 Å². The lowest BCUT2D eigenvalue weighted by Gasteiger charge is -2.08. The molecule has 19 heavy (non-hydrogen) atoms. The molecule has 0 fully saturated rings. The maximum atomic E-state index is 13.1. The van der Waals surface area contributed by atoms with E-state index in [1.54, 1.807) is 0 Å². The normalized spacial score (nSPS) is 10.2. The highest BCUT2D eigenvalue weighted by molar-refractivity contribution is 5.41. The Kier molecular flexibility index (Phi) is 4.04. The minimum Gasteiger partial charge on any atom is -0.321 e. The van der Waals surface area contributed by atoms with Crippen LogP contribution in [0.3, 0.4) is 0 Å². The van der Waals surface area contributed by atoms with Crippen molar-refractivity contribution in [1.29, 1.82) is 0 Å². The summed E-state index contributed by atoms with van der Waals surface area (Å²) in [4.78, 5) is 9.87. The van der Waals surface area contributed by atoms with Crippen molar-refractivity contribution in [2.45, 2.75) is 6.54 Å². The van der Waals surface area contributed by atoms with Crippen LogP contribution in [0.2, 0.25) is 0 Å². The molecule has 0 unspecified atom stereocenters. The van der Waals surface area contributed by atoms with Crippen LogP contribution in [0.1, 0.15) is 5.56 Å². The van der Waals surface area contributed by atoms with E-state index in [4.69, 9.17) is 0 Å². The second-order valence-electron chi connectivity index (χ2n) is 3.89. The van der Waals surface area contributed by atoms with Crippen molar-refractivity contribution in [3.05, 3.63) is 70.0 Å². The van der Waals surface area contributed by atoms with Crippen LogP contribution in [0.25, 0.3) is 0 Å². The smallest absolute Gasteiger partial charge is 0.305 e. The van der Waals surface area contributed by atoms with Crippen LogP contribution in [0.15, 0.2) is 48.5 Å². The predicted molar refractivity (Wildman–Crippen MR) is 70.0 cm³/mol. The molecule has 0 aromatic heterocycles. The largest absolute Gasteiger partial charge is 0.321 e. The summed E-state index contributed by atoms with van der Waals surface area (Å²) < 4.78 is 13.1. The minimum atomic E-state index is -0.829. The molecular formula is C13H12FN3O2. The minimum absolute atomic E-state index is 0.343. The average molecular weight is 261 g/mol. The van der Waals surface area contributed by atoms with E-state index in [9.17, 15) is 14.5 Å². The van der Waals surface area contributed by atoms with Crippen LogP contribution in [0.4, 0.5) is 15.8 Å². The highest BCUT2D eigenvalue weighted by Crippen LogP contribution is 2.18. The van der Waals surface area contributed by atoms with E-state index in [0.29, 0.717) is 12.1 Å². The first kappa shape index (κ1) is 13.0.